The van der Waals surface area contributed by atoms with Crippen LogP contribution >= 0.6 is 0 Å². The number of hydrogen-bond donors (Lipinski definition) is 0. The molecule has 2 aromatic heterocycles. The molecule has 0 fully saturated rings. The summed E-state index contributed by atoms with van der Waals surface area (Å²) in [6, 6.07) is 64.0. The van der Waals surface area contributed by atoms with Gasteiger partial charge in [-0.05, 0) is 94.3 Å². The summed E-state index contributed by atoms with van der Waals surface area (Å²) in [7, 11) is 0. The summed E-state index contributed by atoms with van der Waals surface area (Å²) < 4.78 is 0. The van der Waals surface area contributed by atoms with Gasteiger partial charge in [0.15, 0.2) is 0 Å². The molecule has 0 aliphatic carbocycles. The van der Waals surface area contributed by atoms with Crippen molar-refractivity contribution >= 4 is 75.7 Å². The van der Waals surface area contributed by atoms with Gasteiger partial charge in [-0.1, -0.05) is 158 Å². The molecule has 2 heteroatoms. The van der Waals surface area contributed by atoms with Crippen LogP contribution in [0, 0.1) is 0 Å². The van der Waals surface area contributed by atoms with Gasteiger partial charge in [0.05, 0.1) is 16.7 Å². The summed E-state index contributed by atoms with van der Waals surface area (Å²) in [6.07, 6.45) is 1.84. The molecule has 0 saturated heterocycles. The molecule has 9 aromatic carbocycles. The Balaban J connectivity index is 1.03. The average molecular weight is 659 g/mol. The predicted octanol–water partition coefficient (Wildman–Crippen LogP) is 13.5. The van der Waals surface area contributed by atoms with Crippen LogP contribution in [0.1, 0.15) is 0 Å². The summed E-state index contributed by atoms with van der Waals surface area (Å²) in [5.41, 5.74) is 8.73. The maximum absolute atomic E-state index is 5.06. The summed E-state index contributed by atoms with van der Waals surface area (Å²) in [5.74, 6) is 0. The second-order valence-electron chi connectivity index (χ2n) is 13.7. The molecule has 0 saturated carbocycles. The zero-order valence-electron chi connectivity index (χ0n) is 28.2. The standard InChI is InChI=1S/C50H30N2/c1-3-12-40-38(10-1)39-11-2-4-13-41(39)43-15-6-16-44-45(30-37-8-5-14-42(40)47(37)48(43)44)33-21-17-31(18-22-33)32-19-23-34(24-20-32)46-28-27-36-26-25-35-9-7-29-51-49(35)50(36)52-46/h1-30H. The molecule has 240 valence electrons. The average Bonchev–Trinajstić information content (AvgIpc) is 3.22. The monoisotopic (exact) mass is 658 g/mol. The molecule has 0 bridgehead atoms. The maximum Gasteiger partial charge on any atom is 0.0972 e. The Morgan fingerprint density at radius 2 is 0.808 bits per heavy atom. The van der Waals surface area contributed by atoms with E-state index in [4.69, 9.17) is 4.98 Å². The Morgan fingerprint density at radius 3 is 1.50 bits per heavy atom. The Labute approximate surface area is 300 Å². The Hall–Kier alpha value is -6.90. The minimum Gasteiger partial charge on any atom is -0.254 e. The van der Waals surface area contributed by atoms with E-state index < -0.39 is 0 Å². The molecule has 0 spiro atoms. The lowest BCUT2D eigenvalue weighted by atomic mass is 9.87. The lowest BCUT2D eigenvalue weighted by molar-refractivity contribution is 1.37. The lowest BCUT2D eigenvalue weighted by Crippen LogP contribution is -1.89. The fourth-order valence-corrected chi connectivity index (χ4v) is 8.40. The number of rotatable bonds is 3. The minimum atomic E-state index is 0.936. The van der Waals surface area contributed by atoms with Crippen molar-refractivity contribution in [2.24, 2.45) is 0 Å². The number of benzene rings is 8. The molecule has 11 aromatic rings. The highest BCUT2D eigenvalue weighted by atomic mass is 14.7. The van der Waals surface area contributed by atoms with Gasteiger partial charge in [-0.3, -0.25) is 4.98 Å². The van der Waals surface area contributed by atoms with E-state index in [1.54, 1.807) is 0 Å². The number of fused-ring (bicyclic) bond motifs is 8. The molecule has 2 heterocycles. The fourth-order valence-electron chi connectivity index (χ4n) is 8.40. The van der Waals surface area contributed by atoms with Crippen molar-refractivity contribution in [3.8, 4) is 33.5 Å². The number of hydrogen-bond acceptors (Lipinski definition) is 2. The van der Waals surface area contributed by atoms with Crippen LogP contribution in [0.3, 0.4) is 0 Å². The van der Waals surface area contributed by atoms with Gasteiger partial charge in [-0.25, -0.2) is 4.98 Å². The van der Waals surface area contributed by atoms with Crippen LogP contribution in [0.15, 0.2) is 182 Å². The van der Waals surface area contributed by atoms with Crippen molar-refractivity contribution < 1.29 is 0 Å². The fraction of sp³-hybridized carbons (Fsp3) is 0. The minimum absolute atomic E-state index is 0.936. The molecule has 0 atom stereocenters. The molecule has 0 radical (unpaired) electrons. The normalized spacial score (nSPS) is 11.8. The van der Waals surface area contributed by atoms with E-state index in [0.717, 1.165) is 33.1 Å². The molecule has 0 unspecified atom stereocenters. The third kappa shape index (κ3) is 4.38. The first kappa shape index (κ1) is 28.9. The molecule has 0 aliphatic rings. The second-order valence-corrected chi connectivity index (χ2v) is 13.7. The Bertz CT molecular complexity index is 3210. The highest BCUT2D eigenvalue weighted by Gasteiger charge is 2.16. The van der Waals surface area contributed by atoms with Crippen LogP contribution in [-0.4, -0.2) is 9.97 Å². The van der Waals surface area contributed by atoms with Gasteiger partial charge < -0.3 is 0 Å². The van der Waals surface area contributed by atoms with Crippen molar-refractivity contribution in [2.45, 2.75) is 0 Å². The molecule has 0 amide bonds. The van der Waals surface area contributed by atoms with Crippen molar-refractivity contribution in [3.05, 3.63) is 182 Å². The van der Waals surface area contributed by atoms with Crippen LogP contribution in [-0.2, 0) is 0 Å². The highest BCUT2D eigenvalue weighted by Crippen LogP contribution is 2.43. The first-order chi connectivity index (χ1) is 25.8. The smallest absolute Gasteiger partial charge is 0.0972 e. The van der Waals surface area contributed by atoms with Gasteiger partial charge >= 0.3 is 0 Å². The van der Waals surface area contributed by atoms with Crippen LogP contribution in [0.25, 0.3) is 109 Å². The summed E-state index contributed by atoms with van der Waals surface area (Å²) in [4.78, 5) is 9.69. The van der Waals surface area contributed by atoms with Crippen molar-refractivity contribution in [2.75, 3.05) is 0 Å². The van der Waals surface area contributed by atoms with Gasteiger partial charge in [0.25, 0.3) is 0 Å². The quantitative estimate of drug-likeness (QED) is 0.177. The first-order valence-electron chi connectivity index (χ1n) is 17.8. The molecule has 2 nitrogen and oxygen atoms in total. The van der Waals surface area contributed by atoms with E-state index in [2.05, 4.69) is 175 Å². The number of aromatic nitrogens is 2. The van der Waals surface area contributed by atoms with Crippen LogP contribution < -0.4 is 0 Å². The maximum atomic E-state index is 5.06. The molecular weight excluding hydrogens is 629 g/mol. The summed E-state index contributed by atoms with van der Waals surface area (Å²) in [6.45, 7) is 0. The largest absolute Gasteiger partial charge is 0.254 e. The van der Waals surface area contributed by atoms with Crippen molar-refractivity contribution in [3.63, 3.8) is 0 Å². The zero-order chi connectivity index (χ0) is 34.2. The van der Waals surface area contributed by atoms with Crippen LogP contribution in [0.2, 0.25) is 0 Å². The third-order valence-corrected chi connectivity index (χ3v) is 10.9. The highest BCUT2D eigenvalue weighted by molar-refractivity contribution is 6.34. The zero-order valence-corrected chi connectivity index (χ0v) is 28.2. The molecule has 11 rings (SSSR count). The SMILES string of the molecule is c1cnc2c(c1)ccc1ccc(-c3ccc(-c4ccc(-c5cc6cccc7c8ccccc8c8ccccc8c8cccc5c8c67)cc4)cc3)nc12. The van der Waals surface area contributed by atoms with E-state index in [-0.39, 0.29) is 0 Å². The topological polar surface area (TPSA) is 25.8 Å². The van der Waals surface area contributed by atoms with Crippen LogP contribution in [0.5, 0.6) is 0 Å². The van der Waals surface area contributed by atoms with E-state index in [9.17, 15) is 0 Å². The summed E-state index contributed by atoms with van der Waals surface area (Å²) in [5, 5.41) is 15.0. The van der Waals surface area contributed by atoms with Gasteiger partial charge in [0.2, 0.25) is 0 Å². The lowest BCUT2D eigenvalue weighted by Gasteiger charge is -2.17. The van der Waals surface area contributed by atoms with Crippen molar-refractivity contribution in [1.29, 1.82) is 0 Å². The van der Waals surface area contributed by atoms with Crippen LogP contribution in [0.4, 0.5) is 0 Å². The van der Waals surface area contributed by atoms with E-state index in [1.807, 2.05) is 12.3 Å². The van der Waals surface area contributed by atoms with Gasteiger partial charge in [-0.2, -0.15) is 0 Å². The van der Waals surface area contributed by atoms with Gasteiger partial charge in [0.1, 0.15) is 0 Å². The number of pyridine rings is 2. The first-order valence-corrected chi connectivity index (χ1v) is 17.8. The van der Waals surface area contributed by atoms with Crippen molar-refractivity contribution in [1.82, 2.24) is 9.97 Å². The molecule has 0 N–H and O–H groups in total. The summed E-state index contributed by atoms with van der Waals surface area (Å²) >= 11 is 0. The van der Waals surface area contributed by atoms with E-state index in [0.29, 0.717) is 0 Å². The molecule has 0 aliphatic heterocycles. The van der Waals surface area contributed by atoms with Gasteiger partial charge in [-0.15, -0.1) is 0 Å². The molecule has 52 heavy (non-hydrogen) atoms. The van der Waals surface area contributed by atoms with Gasteiger partial charge in [0, 0.05) is 22.5 Å². The third-order valence-electron chi connectivity index (χ3n) is 10.9. The Morgan fingerprint density at radius 1 is 0.308 bits per heavy atom. The predicted molar refractivity (Wildman–Crippen MR) is 221 cm³/mol. The number of nitrogens with zero attached hydrogens (tertiary/aromatic N) is 2. The van der Waals surface area contributed by atoms with E-state index >= 15 is 0 Å². The molecular formula is C50H30N2. The Kier molecular flexibility index (Phi) is 6.28. The second kappa shape index (κ2) is 11.3. The van der Waals surface area contributed by atoms with E-state index in [1.165, 1.54) is 76.1 Å².